The number of pyridine rings is 1. The third-order valence-electron chi connectivity index (χ3n) is 3.70. The molecule has 138 valence electrons. The zero-order valence-electron chi connectivity index (χ0n) is 14.1. The van der Waals surface area contributed by atoms with Crippen LogP contribution in [0.15, 0.2) is 77.8 Å². The van der Waals surface area contributed by atoms with E-state index in [4.69, 9.17) is 0 Å². The molecule has 3 rings (SSSR count). The van der Waals surface area contributed by atoms with Crippen LogP contribution in [-0.2, 0) is 16.6 Å². The standard InChI is InChI=1S/C19H16FN3O3S/c20-17-9-1-2-10-18(17)23-19(24)14-6-5-8-16(12-14)27(25,26)22-13-15-7-3-4-11-21-15/h1-12,22H,13H2,(H,23,24). The molecule has 1 heterocycles. The Balaban J connectivity index is 1.76. The molecule has 1 amide bonds. The number of rotatable bonds is 6. The van der Waals surface area contributed by atoms with Crippen molar-refractivity contribution >= 4 is 21.6 Å². The fourth-order valence-electron chi connectivity index (χ4n) is 2.32. The van der Waals surface area contributed by atoms with Gasteiger partial charge in [-0.15, -0.1) is 0 Å². The van der Waals surface area contributed by atoms with Gasteiger partial charge < -0.3 is 5.32 Å². The molecular formula is C19H16FN3O3S. The van der Waals surface area contributed by atoms with Crippen molar-refractivity contribution in [3.05, 3.63) is 90.0 Å². The summed E-state index contributed by atoms with van der Waals surface area (Å²) in [5.74, 6) is -1.19. The number of amides is 1. The van der Waals surface area contributed by atoms with Crippen LogP contribution in [-0.4, -0.2) is 19.3 Å². The lowest BCUT2D eigenvalue weighted by molar-refractivity contribution is 0.102. The van der Waals surface area contributed by atoms with E-state index in [0.29, 0.717) is 5.69 Å². The Hall–Kier alpha value is -3.10. The monoisotopic (exact) mass is 385 g/mol. The Morgan fingerprint density at radius 1 is 1.00 bits per heavy atom. The molecule has 2 N–H and O–H groups in total. The zero-order chi connectivity index (χ0) is 19.3. The van der Waals surface area contributed by atoms with Gasteiger partial charge in [0.05, 0.1) is 22.8 Å². The summed E-state index contributed by atoms with van der Waals surface area (Å²) in [4.78, 5) is 16.3. The fourth-order valence-corrected chi connectivity index (χ4v) is 3.36. The molecule has 27 heavy (non-hydrogen) atoms. The van der Waals surface area contributed by atoms with Crippen molar-refractivity contribution in [2.75, 3.05) is 5.32 Å². The number of hydrogen-bond acceptors (Lipinski definition) is 4. The van der Waals surface area contributed by atoms with Gasteiger partial charge in [0.1, 0.15) is 5.82 Å². The van der Waals surface area contributed by atoms with Gasteiger partial charge in [-0.3, -0.25) is 9.78 Å². The van der Waals surface area contributed by atoms with Gasteiger partial charge >= 0.3 is 0 Å². The van der Waals surface area contributed by atoms with Gasteiger partial charge in [-0.2, -0.15) is 0 Å². The van der Waals surface area contributed by atoms with E-state index in [2.05, 4.69) is 15.0 Å². The van der Waals surface area contributed by atoms with Crippen LogP contribution in [0.4, 0.5) is 10.1 Å². The highest BCUT2D eigenvalue weighted by Gasteiger charge is 2.17. The first-order valence-corrected chi connectivity index (χ1v) is 9.49. The van der Waals surface area contributed by atoms with E-state index in [-0.39, 0.29) is 22.7 Å². The number of halogens is 1. The summed E-state index contributed by atoms with van der Waals surface area (Å²) in [6.45, 7) is 0.0226. The number of carbonyl (C=O) groups excluding carboxylic acids is 1. The number of aromatic nitrogens is 1. The maximum absolute atomic E-state index is 13.7. The first kappa shape index (κ1) is 18.7. The molecular weight excluding hydrogens is 369 g/mol. The number of hydrogen-bond donors (Lipinski definition) is 2. The van der Waals surface area contributed by atoms with E-state index in [9.17, 15) is 17.6 Å². The van der Waals surface area contributed by atoms with E-state index in [0.717, 1.165) is 0 Å². The highest BCUT2D eigenvalue weighted by molar-refractivity contribution is 7.89. The largest absolute Gasteiger partial charge is 0.319 e. The van der Waals surface area contributed by atoms with Crippen molar-refractivity contribution in [1.29, 1.82) is 0 Å². The smallest absolute Gasteiger partial charge is 0.255 e. The van der Waals surface area contributed by atoms with Crippen LogP contribution in [0.2, 0.25) is 0 Å². The molecule has 2 aromatic carbocycles. The summed E-state index contributed by atoms with van der Waals surface area (Å²) in [5.41, 5.74) is 0.678. The minimum atomic E-state index is -3.84. The van der Waals surface area contributed by atoms with Crippen molar-refractivity contribution < 1.29 is 17.6 Å². The first-order chi connectivity index (χ1) is 13.0. The van der Waals surface area contributed by atoms with Crippen LogP contribution >= 0.6 is 0 Å². The molecule has 0 aliphatic rings. The number of para-hydroxylation sites is 1. The minimum absolute atomic E-state index is 0.0176. The Kier molecular flexibility index (Phi) is 5.58. The molecule has 3 aromatic rings. The molecule has 0 aliphatic carbocycles. The van der Waals surface area contributed by atoms with Crippen LogP contribution in [0.25, 0.3) is 0 Å². The van der Waals surface area contributed by atoms with Crippen molar-refractivity contribution in [2.24, 2.45) is 0 Å². The summed E-state index contributed by atoms with van der Waals surface area (Å²) < 4.78 is 41.0. The lowest BCUT2D eigenvalue weighted by atomic mass is 10.2. The second-order valence-electron chi connectivity index (χ2n) is 5.61. The maximum atomic E-state index is 13.7. The molecule has 0 spiro atoms. The van der Waals surface area contributed by atoms with Crippen LogP contribution in [0.5, 0.6) is 0 Å². The quantitative estimate of drug-likeness (QED) is 0.683. The molecule has 0 unspecified atom stereocenters. The molecule has 0 atom stereocenters. The number of anilines is 1. The van der Waals surface area contributed by atoms with Crippen LogP contribution in [0.3, 0.4) is 0 Å². The van der Waals surface area contributed by atoms with E-state index >= 15 is 0 Å². The van der Waals surface area contributed by atoms with Crippen LogP contribution in [0, 0.1) is 5.82 Å². The van der Waals surface area contributed by atoms with E-state index in [1.54, 1.807) is 30.5 Å². The molecule has 0 saturated heterocycles. The molecule has 8 heteroatoms. The van der Waals surface area contributed by atoms with E-state index < -0.39 is 21.7 Å². The molecule has 6 nitrogen and oxygen atoms in total. The van der Waals surface area contributed by atoms with Crippen molar-refractivity contribution in [2.45, 2.75) is 11.4 Å². The summed E-state index contributed by atoms with van der Waals surface area (Å²) in [6.07, 6.45) is 1.57. The average molecular weight is 385 g/mol. The van der Waals surface area contributed by atoms with Gasteiger partial charge in [0.2, 0.25) is 10.0 Å². The second kappa shape index (κ2) is 8.07. The SMILES string of the molecule is O=C(Nc1ccccc1F)c1cccc(S(=O)(=O)NCc2ccccn2)c1. The number of carbonyl (C=O) groups is 1. The van der Waals surface area contributed by atoms with Gasteiger partial charge in [-0.05, 0) is 42.5 Å². The summed E-state index contributed by atoms with van der Waals surface area (Å²) in [5, 5.41) is 2.42. The zero-order valence-corrected chi connectivity index (χ0v) is 14.9. The Labute approximate surface area is 156 Å². The molecule has 1 aromatic heterocycles. The Bertz CT molecular complexity index is 1060. The fraction of sp³-hybridized carbons (Fsp3) is 0.0526. The van der Waals surface area contributed by atoms with Crippen molar-refractivity contribution in [1.82, 2.24) is 9.71 Å². The first-order valence-electron chi connectivity index (χ1n) is 8.01. The third kappa shape index (κ3) is 4.75. The van der Waals surface area contributed by atoms with Crippen molar-refractivity contribution in [3.63, 3.8) is 0 Å². The Morgan fingerprint density at radius 2 is 1.78 bits per heavy atom. The van der Waals surface area contributed by atoms with Crippen molar-refractivity contribution in [3.8, 4) is 0 Å². The third-order valence-corrected chi connectivity index (χ3v) is 5.10. The maximum Gasteiger partial charge on any atom is 0.255 e. The minimum Gasteiger partial charge on any atom is -0.319 e. The van der Waals surface area contributed by atoms with Crippen LogP contribution in [0.1, 0.15) is 16.1 Å². The van der Waals surface area contributed by atoms with Gasteiger partial charge in [0, 0.05) is 11.8 Å². The number of sulfonamides is 1. The van der Waals surface area contributed by atoms with Crippen LogP contribution < -0.4 is 10.0 Å². The second-order valence-corrected chi connectivity index (χ2v) is 7.37. The highest BCUT2D eigenvalue weighted by Crippen LogP contribution is 2.16. The predicted octanol–water partition coefficient (Wildman–Crippen LogP) is 2.95. The van der Waals surface area contributed by atoms with E-state index in [1.807, 2.05) is 0 Å². The molecule has 0 saturated carbocycles. The highest BCUT2D eigenvalue weighted by atomic mass is 32.2. The summed E-state index contributed by atoms with van der Waals surface area (Å²) >= 11 is 0. The van der Waals surface area contributed by atoms with Gasteiger partial charge in [0.15, 0.2) is 0 Å². The number of nitrogens with one attached hydrogen (secondary N) is 2. The van der Waals surface area contributed by atoms with Gasteiger partial charge in [-0.1, -0.05) is 24.3 Å². The lowest BCUT2D eigenvalue weighted by Gasteiger charge is -2.09. The normalized spacial score (nSPS) is 11.1. The predicted molar refractivity (Wildman–Crippen MR) is 99.1 cm³/mol. The number of nitrogens with zero attached hydrogens (tertiary/aromatic N) is 1. The molecule has 0 aliphatic heterocycles. The average Bonchev–Trinajstić information content (AvgIpc) is 2.69. The summed E-state index contributed by atoms with van der Waals surface area (Å²) in [7, 11) is -3.84. The lowest BCUT2D eigenvalue weighted by Crippen LogP contribution is -2.24. The van der Waals surface area contributed by atoms with Gasteiger partial charge in [0.25, 0.3) is 5.91 Å². The van der Waals surface area contributed by atoms with Gasteiger partial charge in [-0.25, -0.2) is 17.5 Å². The Morgan fingerprint density at radius 3 is 2.52 bits per heavy atom. The molecule has 0 bridgehead atoms. The topological polar surface area (TPSA) is 88.2 Å². The number of benzene rings is 2. The van der Waals surface area contributed by atoms with E-state index in [1.165, 1.54) is 42.5 Å². The summed E-state index contributed by atoms with van der Waals surface area (Å²) in [6, 6.07) is 16.4. The molecule has 0 fully saturated rings. The molecule has 0 radical (unpaired) electrons.